The van der Waals surface area contributed by atoms with Gasteiger partial charge in [0.1, 0.15) is 17.5 Å². The van der Waals surface area contributed by atoms with Crippen LogP contribution in [-0.2, 0) is 14.8 Å². The van der Waals surface area contributed by atoms with Crippen molar-refractivity contribution in [2.75, 3.05) is 24.8 Å². The first kappa shape index (κ1) is 23.5. The second-order valence-electron chi connectivity index (χ2n) is 7.15. The molecule has 0 aliphatic rings. The van der Waals surface area contributed by atoms with Crippen LogP contribution in [-0.4, -0.2) is 40.8 Å². The SMILES string of the molecule is CCC(NC(=O)C(C)N(c1cc(OC)ccc1OC)S(C)(=O)=O)c1ccc(C)cc1. The molecule has 2 atom stereocenters. The Bertz CT molecular complexity index is 974. The van der Waals surface area contributed by atoms with Crippen molar-refractivity contribution >= 4 is 21.6 Å². The monoisotopic (exact) mass is 434 g/mol. The van der Waals surface area contributed by atoms with Crippen LogP contribution in [0.5, 0.6) is 11.5 Å². The highest BCUT2D eigenvalue weighted by Gasteiger charge is 2.32. The number of nitrogens with zero attached hydrogens (tertiary/aromatic N) is 1. The summed E-state index contributed by atoms with van der Waals surface area (Å²) in [4.78, 5) is 13.1. The Kier molecular flexibility index (Phi) is 7.72. The van der Waals surface area contributed by atoms with Gasteiger partial charge < -0.3 is 14.8 Å². The summed E-state index contributed by atoms with van der Waals surface area (Å²) in [6.45, 7) is 5.52. The van der Waals surface area contributed by atoms with Crippen LogP contribution in [0.25, 0.3) is 0 Å². The molecule has 30 heavy (non-hydrogen) atoms. The third-order valence-corrected chi connectivity index (χ3v) is 6.14. The first-order chi connectivity index (χ1) is 14.1. The standard InChI is InChI=1S/C22H30N2O5S/c1-7-19(17-10-8-15(2)9-11-17)23-22(25)16(3)24(30(6,26)27)20-14-18(28-4)12-13-21(20)29-5/h8-14,16,19H,7H2,1-6H3,(H,23,25). The molecule has 7 nitrogen and oxygen atoms in total. The molecule has 0 saturated carbocycles. The highest BCUT2D eigenvalue weighted by molar-refractivity contribution is 7.92. The maximum absolute atomic E-state index is 13.1. The number of ether oxygens (including phenoxy) is 2. The third kappa shape index (κ3) is 5.44. The number of benzene rings is 2. The van der Waals surface area contributed by atoms with Crippen LogP contribution in [0, 0.1) is 6.92 Å². The number of hydrogen-bond acceptors (Lipinski definition) is 5. The van der Waals surface area contributed by atoms with Crippen molar-refractivity contribution in [3.05, 3.63) is 53.6 Å². The van der Waals surface area contributed by atoms with E-state index in [1.54, 1.807) is 25.1 Å². The minimum Gasteiger partial charge on any atom is -0.497 e. The number of rotatable bonds is 9. The van der Waals surface area contributed by atoms with E-state index in [0.717, 1.165) is 21.7 Å². The van der Waals surface area contributed by atoms with Crippen molar-refractivity contribution in [2.24, 2.45) is 0 Å². The van der Waals surface area contributed by atoms with Gasteiger partial charge in [-0.25, -0.2) is 8.42 Å². The molecule has 0 saturated heterocycles. The van der Waals surface area contributed by atoms with Gasteiger partial charge in [0.25, 0.3) is 0 Å². The van der Waals surface area contributed by atoms with Gasteiger partial charge in [-0.1, -0.05) is 36.8 Å². The molecule has 1 amide bonds. The maximum atomic E-state index is 13.1. The first-order valence-corrected chi connectivity index (χ1v) is 11.6. The lowest BCUT2D eigenvalue weighted by molar-refractivity contribution is -0.122. The van der Waals surface area contributed by atoms with Crippen molar-refractivity contribution in [3.63, 3.8) is 0 Å². The number of sulfonamides is 1. The molecule has 1 N–H and O–H groups in total. The number of carbonyl (C=O) groups excluding carboxylic acids is 1. The predicted molar refractivity (Wildman–Crippen MR) is 119 cm³/mol. The van der Waals surface area contributed by atoms with E-state index in [9.17, 15) is 13.2 Å². The van der Waals surface area contributed by atoms with E-state index in [1.807, 2.05) is 38.1 Å². The van der Waals surface area contributed by atoms with Crippen LogP contribution >= 0.6 is 0 Å². The fraction of sp³-hybridized carbons (Fsp3) is 0.409. The lowest BCUT2D eigenvalue weighted by Crippen LogP contribution is -2.48. The summed E-state index contributed by atoms with van der Waals surface area (Å²) in [5, 5.41) is 2.97. The lowest BCUT2D eigenvalue weighted by atomic mass is 10.0. The van der Waals surface area contributed by atoms with E-state index in [1.165, 1.54) is 14.2 Å². The smallest absolute Gasteiger partial charge is 0.244 e. The van der Waals surface area contributed by atoms with Gasteiger partial charge >= 0.3 is 0 Å². The van der Waals surface area contributed by atoms with E-state index < -0.39 is 22.0 Å². The summed E-state index contributed by atoms with van der Waals surface area (Å²) in [5.41, 5.74) is 2.33. The quantitative estimate of drug-likeness (QED) is 0.654. The van der Waals surface area contributed by atoms with Crippen LogP contribution in [0.3, 0.4) is 0 Å². The number of carbonyl (C=O) groups is 1. The summed E-state index contributed by atoms with van der Waals surface area (Å²) < 4.78 is 36.9. The summed E-state index contributed by atoms with van der Waals surface area (Å²) in [7, 11) is -0.864. The molecule has 0 spiro atoms. The van der Waals surface area contributed by atoms with Gasteiger partial charge in [0.15, 0.2) is 0 Å². The number of nitrogens with one attached hydrogen (secondary N) is 1. The minimum absolute atomic E-state index is 0.228. The van der Waals surface area contributed by atoms with Gasteiger partial charge in [-0.05, 0) is 38.0 Å². The highest BCUT2D eigenvalue weighted by atomic mass is 32.2. The Labute approximate surface area is 179 Å². The molecule has 2 aromatic carbocycles. The number of anilines is 1. The molecular weight excluding hydrogens is 404 g/mol. The van der Waals surface area contributed by atoms with E-state index in [4.69, 9.17) is 9.47 Å². The van der Waals surface area contributed by atoms with E-state index in [2.05, 4.69) is 5.32 Å². The Morgan fingerprint density at radius 1 is 1.10 bits per heavy atom. The average Bonchev–Trinajstić information content (AvgIpc) is 2.71. The molecule has 0 aliphatic carbocycles. The van der Waals surface area contributed by atoms with Gasteiger partial charge in [0.05, 0.1) is 32.2 Å². The molecule has 8 heteroatoms. The van der Waals surface area contributed by atoms with Gasteiger partial charge in [-0.15, -0.1) is 0 Å². The molecule has 0 aliphatic heterocycles. The molecule has 2 rings (SSSR count). The predicted octanol–water partition coefficient (Wildman–Crippen LogP) is 3.43. The lowest BCUT2D eigenvalue weighted by Gasteiger charge is -2.31. The number of aryl methyl sites for hydroxylation is 1. The molecule has 0 bridgehead atoms. The van der Waals surface area contributed by atoms with Gasteiger partial charge in [0, 0.05) is 6.07 Å². The summed E-state index contributed by atoms with van der Waals surface area (Å²) >= 11 is 0. The van der Waals surface area contributed by atoms with Crippen LogP contribution in [0.2, 0.25) is 0 Å². The van der Waals surface area contributed by atoms with Crippen LogP contribution in [0.15, 0.2) is 42.5 Å². The van der Waals surface area contributed by atoms with E-state index >= 15 is 0 Å². The number of amides is 1. The van der Waals surface area contributed by atoms with Crippen molar-refractivity contribution in [1.29, 1.82) is 0 Å². The molecule has 2 unspecified atom stereocenters. The summed E-state index contributed by atoms with van der Waals surface area (Å²) in [6, 6.07) is 11.5. The Balaban J connectivity index is 2.39. The van der Waals surface area contributed by atoms with Crippen LogP contribution < -0.4 is 19.1 Å². The highest BCUT2D eigenvalue weighted by Crippen LogP contribution is 2.35. The van der Waals surface area contributed by atoms with Crippen molar-refractivity contribution in [3.8, 4) is 11.5 Å². The largest absolute Gasteiger partial charge is 0.497 e. The zero-order valence-electron chi connectivity index (χ0n) is 18.3. The van der Waals surface area contributed by atoms with Crippen LogP contribution in [0.1, 0.15) is 37.4 Å². The Morgan fingerprint density at radius 2 is 1.73 bits per heavy atom. The number of methoxy groups -OCH3 is 2. The second-order valence-corrected chi connectivity index (χ2v) is 9.01. The molecule has 164 valence electrons. The Hall–Kier alpha value is -2.74. The third-order valence-electron chi connectivity index (χ3n) is 4.92. The molecule has 0 heterocycles. The van der Waals surface area contributed by atoms with Gasteiger partial charge in [0.2, 0.25) is 15.9 Å². The van der Waals surface area contributed by atoms with Gasteiger partial charge in [-0.3, -0.25) is 9.10 Å². The number of hydrogen-bond donors (Lipinski definition) is 1. The summed E-state index contributed by atoms with van der Waals surface area (Å²) in [5.74, 6) is 0.377. The van der Waals surface area contributed by atoms with Crippen molar-refractivity contribution in [2.45, 2.75) is 39.3 Å². The topological polar surface area (TPSA) is 84.9 Å². The molecule has 2 aromatic rings. The van der Waals surface area contributed by atoms with Gasteiger partial charge in [-0.2, -0.15) is 0 Å². The zero-order chi connectivity index (χ0) is 22.5. The fourth-order valence-corrected chi connectivity index (χ4v) is 4.43. The zero-order valence-corrected chi connectivity index (χ0v) is 19.1. The van der Waals surface area contributed by atoms with E-state index in [-0.39, 0.29) is 11.7 Å². The second kappa shape index (κ2) is 9.84. The van der Waals surface area contributed by atoms with Crippen molar-refractivity contribution < 1.29 is 22.7 Å². The fourth-order valence-electron chi connectivity index (χ4n) is 3.26. The normalized spacial score (nSPS) is 13.3. The van der Waals surface area contributed by atoms with E-state index in [0.29, 0.717) is 17.9 Å². The maximum Gasteiger partial charge on any atom is 0.244 e. The van der Waals surface area contributed by atoms with Crippen LogP contribution in [0.4, 0.5) is 5.69 Å². The Morgan fingerprint density at radius 3 is 2.23 bits per heavy atom. The average molecular weight is 435 g/mol. The van der Waals surface area contributed by atoms with Crippen molar-refractivity contribution in [1.82, 2.24) is 5.32 Å². The first-order valence-electron chi connectivity index (χ1n) is 9.70. The molecule has 0 fully saturated rings. The summed E-state index contributed by atoms with van der Waals surface area (Å²) in [6.07, 6.45) is 1.73. The molecule has 0 radical (unpaired) electrons. The minimum atomic E-state index is -3.80. The molecular formula is C22H30N2O5S. The molecule has 0 aromatic heterocycles.